The number of nitrogens with one attached hydrogen (secondary N) is 3. The van der Waals surface area contributed by atoms with Gasteiger partial charge in [-0.1, -0.05) is 13.3 Å². The molecule has 0 aromatic rings. The maximum atomic E-state index is 11.4. The molecule has 0 aromatic carbocycles. The zero-order valence-electron chi connectivity index (χ0n) is 11.9. The molecule has 19 heavy (non-hydrogen) atoms. The molecule has 0 saturated heterocycles. The maximum Gasteiger partial charge on any atom is 0.326 e. The molecular weight excluding hydrogens is 250 g/mol. The minimum absolute atomic E-state index is 0.193. The molecule has 7 heteroatoms. The number of hydrogen-bond acceptors (Lipinski definition) is 3. The van der Waals surface area contributed by atoms with Crippen LogP contribution in [-0.4, -0.2) is 41.1 Å². The SMILES string of the molecule is CCCC(NC(=O)NCC(=O)NC(C)(C)C)C(=O)O. The number of carbonyl (C=O) groups is 3. The van der Waals surface area contributed by atoms with Crippen molar-refractivity contribution in [2.45, 2.75) is 52.1 Å². The molecule has 0 bridgehead atoms. The van der Waals surface area contributed by atoms with Crippen LogP contribution in [0.25, 0.3) is 0 Å². The van der Waals surface area contributed by atoms with Crippen molar-refractivity contribution in [3.8, 4) is 0 Å². The predicted molar refractivity (Wildman–Crippen MR) is 70.8 cm³/mol. The summed E-state index contributed by atoms with van der Waals surface area (Å²) in [5.74, 6) is -1.42. The van der Waals surface area contributed by atoms with Gasteiger partial charge in [0.25, 0.3) is 0 Å². The number of aliphatic carboxylic acids is 1. The van der Waals surface area contributed by atoms with Crippen LogP contribution in [0.2, 0.25) is 0 Å². The molecule has 3 amide bonds. The molecule has 0 aliphatic rings. The van der Waals surface area contributed by atoms with Gasteiger partial charge in [0.1, 0.15) is 6.04 Å². The van der Waals surface area contributed by atoms with E-state index in [1.807, 2.05) is 27.7 Å². The van der Waals surface area contributed by atoms with Crippen molar-refractivity contribution in [3.63, 3.8) is 0 Å². The third kappa shape index (κ3) is 8.87. The van der Waals surface area contributed by atoms with Crippen LogP contribution in [0.3, 0.4) is 0 Å². The molecule has 1 atom stereocenters. The Bertz CT molecular complexity index is 336. The van der Waals surface area contributed by atoms with Gasteiger partial charge in [-0.15, -0.1) is 0 Å². The number of hydrogen-bond donors (Lipinski definition) is 4. The third-order valence-electron chi connectivity index (χ3n) is 2.10. The fourth-order valence-electron chi connectivity index (χ4n) is 1.38. The van der Waals surface area contributed by atoms with Gasteiger partial charge in [0.15, 0.2) is 0 Å². The zero-order valence-corrected chi connectivity index (χ0v) is 11.9. The van der Waals surface area contributed by atoms with Crippen LogP contribution in [0.1, 0.15) is 40.5 Å². The van der Waals surface area contributed by atoms with Crippen molar-refractivity contribution in [2.24, 2.45) is 0 Å². The number of carboxylic acids is 1. The van der Waals surface area contributed by atoms with Gasteiger partial charge >= 0.3 is 12.0 Å². The van der Waals surface area contributed by atoms with Gasteiger partial charge in [0, 0.05) is 5.54 Å². The highest BCUT2D eigenvalue weighted by molar-refractivity contribution is 5.86. The first kappa shape index (κ1) is 17.2. The third-order valence-corrected chi connectivity index (χ3v) is 2.10. The summed E-state index contributed by atoms with van der Waals surface area (Å²) in [4.78, 5) is 33.7. The summed E-state index contributed by atoms with van der Waals surface area (Å²) < 4.78 is 0. The highest BCUT2D eigenvalue weighted by Gasteiger charge is 2.19. The van der Waals surface area contributed by atoms with E-state index in [0.717, 1.165) is 0 Å². The van der Waals surface area contributed by atoms with E-state index >= 15 is 0 Å². The second-order valence-electron chi connectivity index (χ2n) is 5.30. The minimum atomic E-state index is -1.09. The van der Waals surface area contributed by atoms with E-state index in [9.17, 15) is 14.4 Å². The van der Waals surface area contributed by atoms with Crippen LogP contribution in [0.4, 0.5) is 4.79 Å². The molecule has 0 radical (unpaired) electrons. The molecule has 0 fully saturated rings. The lowest BCUT2D eigenvalue weighted by Crippen LogP contribution is -2.50. The van der Waals surface area contributed by atoms with Crippen LogP contribution in [0.15, 0.2) is 0 Å². The number of urea groups is 1. The summed E-state index contributed by atoms with van der Waals surface area (Å²) >= 11 is 0. The molecule has 0 saturated carbocycles. The fraction of sp³-hybridized carbons (Fsp3) is 0.750. The van der Waals surface area contributed by atoms with E-state index in [1.165, 1.54) is 0 Å². The van der Waals surface area contributed by atoms with Crippen molar-refractivity contribution in [3.05, 3.63) is 0 Å². The van der Waals surface area contributed by atoms with E-state index < -0.39 is 18.0 Å². The number of carbonyl (C=O) groups excluding carboxylic acids is 2. The van der Waals surface area contributed by atoms with Crippen LogP contribution in [0.5, 0.6) is 0 Å². The Morgan fingerprint density at radius 2 is 1.79 bits per heavy atom. The molecule has 1 unspecified atom stereocenters. The molecule has 4 N–H and O–H groups in total. The van der Waals surface area contributed by atoms with Gasteiger partial charge in [-0.25, -0.2) is 9.59 Å². The average Bonchev–Trinajstić information content (AvgIpc) is 2.23. The van der Waals surface area contributed by atoms with E-state index in [-0.39, 0.29) is 18.0 Å². The lowest BCUT2D eigenvalue weighted by molar-refractivity contribution is -0.139. The summed E-state index contributed by atoms with van der Waals surface area (Å²) in [5.41, 5.74) is -0.374. The van der Waals surface area contributed by atoms with Gasteiger partial charge < -0.3 is 21.1 Å². The van der Waals surface area contributed by atoms with Crippen LogP contribution in [0, 0.1) is 0 Å². The summed E-state index contributed by atoms with van der Waals surface area (Å²) in [5, 5.41) is 16.2. The molecule has 0 spiro atoms. The minimum Gasteiger partial charge on any atom is -0.480 e. The monoisotopic (exact) mass is 273 g/mol. The van der Waals surface area contributed by atoms with Crippen molar-refractivity contribution in [1.82, 2.24) is 16.0 Å². The smallest absolute Gasteiger partial charge is 0.326 e. The lowest BCUT2D eigenvalue weighted by Gasteiger charge is -2.21. The first-order valence-electron chi connectivity index (χ1n) is 6.24. The molecule has 0 aliphatic carbocycles. The summed E-state index contributed by atoms with van der Waals surface area (Å²) in [7, 11) is 0. The quantitative estimate of drug-likeness (QED) is 0.563. The largest absolute Gasteiger partial charge is 0.480 e. The Morgan fingerprint density at radius 1 is 1.21 bits per heavy atom. The summed E-state index contributed by atoms with van der Waals surface area (Å²) in [6, 6.07) is -1.60. The van der Waals surface area contributed by atoms with Gasteiger partial charge in [0.2, 0.25) is 5.91 Å². The highest BCUT2D eigenvalue weighted by Crippen LogP contribution is 1.98. The van der Waals surface area contributed by atoms with E-state index in [1.54, 1.807) is 0 Å². The van der Waals surface area contributed by atoms with E-state index in [2.05, 4.69) is 16.0 Å². The average molecular weight is 273 g/mol. The van der Waals surface area contributed by atoms with Crippen LogP contribution < -0.4 is 16.0 Å². The van der Waals surface area contributed by atoms with Crippen LogP contribution in [-0.2, 0) is 9.59 Å². The number of amides is 3. The topological polar surface area (TPSA) is 108 Å². The van der Waals surface area contributed by atoms with Gasteiger partial charge in [0.05, 0.1) is 6.54 Å². The van der Waals surface area contributed by atoms with Crippen molar-refractivity contribution >= 4 is 17.9 Å². The molecule has 0 aromatic heterocycles. The number of rotatable bonds is 6. The van der Waals surface area contributed by atoms with Crippen molar-refractivity contribution in [1.29, 1.82) is 0 Å². The molecule has 110 valence electrons. The Labute approximate surface area is 113 Å². The lowest BCUT2D eigenvalue weighted by atomic mass is 10.1. The Morgan fingerprint density at radius 3 is 2.21 bits per heavy atom. The summed E-state index contributed by atoms with van der Waals surface area (Å²) in [6.07, 6.45) is 0.985. The first-order valence-corrected chi connectivity index (χ1v) is 6.24. The molecule has 0 rings (SSSR count). The van der Waals surface area contributed by atoms with Gasteiger partial charge in [-0.3, -0.25) is 4.79 Å². The molecule has 0 heterocycles. The molecule has 7 nitrogen and oxygen atoms in total. The second kappa shape index (κ2) is 7.60. The Kier molecular flexibility index (Phi) is 6.89. The van der Waals surface area contributed by atoms with Gasteiger partial charge in [-0.05, 0) is 27.2 Å². The van der Waals surface area contributed by atoms with Crippen LogP contribution >= 0.6 is 0 Å². The standard InChI is InChI=1S/C12H23N3O4/c1-5-6-8(10(17)18)14-11(19)13-7-9(16)15-12(2,3)4/h8H,5-7H2,1-4H3,(H,15,16)(H,17,18)(H2,13,14,19). The fourth-order valence-corrected chi connectivity index (χ4v) is 1.38. The molecular formula is C12H23N3O4. The van der Waals surface area contributed by atoms with Gasteiger partial charge in [-0.2, -0.15) is 0 Å². The Hall–Kier alpha value is -1.79. The summed E-state index contributed by atoms with van der Waals surface area (Å²) in [6.45, 7) is 7.11. The van der Waals surface area contributed by atoms with Crippen molar-refractivity contribution < 1.29 is 19.5 Å². The second-order valence-corrected chi connectivity index (χ2v) is 5.30. The maximum absolute atomic E-state index is 11.4. The normalized spacial score (nSPS) is 12.4. The van der Waals surface area contributed by atoms with E-state index in [4.69, 9.17) is 5.11 Å². The zero-order chi connectivity index (χ0) is 15.1. The van der Waals surface area contributed by atoms with E-state index in [0.29, 0.717) is 12.8 Å². The number of carboxylic acid groups (broad SMARTS) is 1. The highest BCUT2D eigenvalue weighted by atomic mass is 16.4. The predicted octanol–water partition coefficient (Wildman–Crippen LogP) is 0.454. The molecule has 0 aliphatic heterocycles. The van der Waals surface area contributed by atoms with Crippen molar-refractivity contribution in [2.75, 3.05) is 6.54 Å². The first-order chi connectivity index (χ1) is 8.65. The Balaban J connectivity index is 4.11.